The van der Waals surface area contributed by atoms with Crippen molar-refractivity contribution in [2.24, 2.45) is 0 Å². The Morgan fingerprint density at radius 3 is 1.48 bits per heavy atom. The third-order valence-corrected chi connectivity index (χ3v) is 11.3. The lowest BCUT2D eigenvalue weighted by Gasteiger charge is -2.20. The van der Waals surface area contributed by atoms with Crippen LogP contribution in [0.2, 0.25) is 0 Å². The smallest absolute Gasteiger partial charge is 0.309 e. The summed E-state index contributed by atoms with van der Waals surface area (Å²) in [7, 11) is 0. The first-order chi connectivity index (χ1) is 28.2. The molecule has 0 saturated heterocycles. The van der Waals surface area contributed by atoms with E-state index in [1.165, 1.54) is 11.6 Å². The van der Waals surface area contributed by atoms with Crippen LogP contribution in [0.5, 0.6) is 0 Å². The monoisotopic (exact) mass is 757 g/mol. The van der Waals surface area contributed by atoms with Gasteiger partial charge in [0.25, 0.3) is 0 Å². The molecule has 0 spiro atoms. The Balaban J connectivity index is 1.27. The first kappa shape index (κ1) is 35.1. The van der Waals surface area contributed by atoms with Crippen molar-refractivity contribution in [3.63, 3.8) is 0 Å². The SMILES string of the molecule is Cc1cccc(-c2ccc3c(c2)c2ccccc2n3-c2ccc(C#N)cc2-c2ccc(C(F)(F)F)cc2-n2c3ccccc3c3cc(-c4cccc(C)c4)ccc32)c1. The van der Waals surface area contributed by atoms with E-state index in [1.807, 2.05) is 65.2 Å². The van der Waals surface area contributed by atoms with Crippen molar-refractivity contribution in [1.82, 2.24) is 9.13 Å². The predicted molar refractivity (Wildman–Crippen MR) is 231 cm³/mol. The Hall–Kier alpha value is -7.36. The Kier molecular flexibility index (Phi) is 8.10. The van der Waals surface area contributed by atoms with E-state index in [0.717, 1.165) is 83.2 Å². The van der Waals surface area contributed by atoms with E-state index >= 15 is 0 Å². The number of halogens is 3. The lowest BCUT2D eigenvalue weighted by atomic mass is 9.97. The number of alkyl halides is 3. The number of aromatic nitrogens is 2. The lowest BCUT2D eigenvalue weighted by Crippen LogP contribution is -2.08. The number of hydrogen-bond acceptors (Lipinski definition) is 1. The van der Waals surface area contributed by atoms with Crippen LogP contribution < -0.4 is 0 Å². The number of para-hydroxylation sites is 2. The summed E-state index contributed by atoms with van der Waals surface area (Å²) >= 11 is 0. The van der Waals surface area contributed by atoms with E-state index in [0.29, 0.717) is 22.4 Å². The molecule has 2 heterocycles. The third-order valence-electron chi connectivity index (χ3n) is 11.3. The molecule has 0 aliphatic rings. The van der Waals surface area contributed by atoms with Crippen LogP contribution in [0.3, 0.4) is 0 Å². The molecule has 0 saturated carbocycles. The highest BCUT2D eigenvalue weighted by molar-refractivity contribution is 6.12. The molecule has 3 nitrogen and oxygen atoms in total. The normalized spacial score (nSPS) is 11.9. The highest BCUT2D eigenvalue weighted by Crippen LogP contribution is 2.44. The summed E-state index contributed by atoms with van der Waals surface area (Å²) in [5.74, 6) is 0. The predicted octanol–water partition coefficient (Wildman–Crippen LogP) is 14.4. The van der Waals surface area contributed by atoms with Gasteiger partial charge in [-0.15, -0.1) is 0 Å². The number of fused-ring (bicyclic) bond motifs is 6. The fourth-order valence-corrected chi connectivity index (χ4v) is 8.61. The van der Waals surface area contributed by atoms with Crippen molar-refractivity contribution < 1.29 is 13.2 Å². The maximum atomic E-state index is 14.7. The number of nitrogens with zero attached hydrogens (tertiary/aromatic N) is 3. The fourth-order valence-electron chi connectivity index (χ4n) is 8.61. The van der Waals surface area contributed by atoms with Crippen molar-refractivity contribution in [2.45, 2.75) is 20.0 Å². The van der Waals surface area contributed by atoms with Crippen LogP contribution in [0, 0.1) is 25.2 Å². The summed E-state index contributed by atoms with van der Waals surface area (Å²) in [5.41, 5.74) is 12.0. The molecule has 0 bridgehead atoms. The second kappa shape index (κ2) is 13.4. The largest absolute Gasteiger partial charge is 0.416 e. The Bertz CT molecular complexity index is 3320. The zero-order chi connectivity index (χ0) is 39.7. The van der Waals surface area contributed by atoms with E-state index in [-0.39, 0.29) is 0 Å². The van der Waals surface area contributed by atoms with E-state index < -0.39 is 11.7 Å². The van der Waals surface area contributed by atoms with Crippen molar-refractivity contribution in [1.29, 1.82) is 5.26 Å². The molecule has 0 radical (unpaired) electrons. The Morgan fingerprint density at radius 1 is 0.431 bits per heavy atom. The maximum absolute atomic E-state index is 14.7. The highest BCUT2D eigenvalue weighted by atomic mass is 19.4. The lowest BCUT2D eigenvalue weighted by molar-refractivity contribution is -0.137. The van der Waals surface area contributed by atoms with Crippen molar-refractivity contribution in [2.75, 3.05) is 0 Å². The van der Waals surface area contributed by atoms with Crippen LogP contribution in [0.4, 0.5) is 13.2 Å². The second-order valence-electron chi connectivity index (χ2n) is 15.0. The van der Waals surface area contributed by atoms with Gasteiger partial charge in [-0.1, -0.05) is 114 Å². The van der Waals surface area contributed by atoms with Gasteiger partial charge >= 0.3 is 6.18 Å². The van der Waals surface area contributed by atoms with E-state index in [2.05, 4.69) is 103 Å². The van der Waals surface area contributed by atoms with Gasteiger partial charge in [0, 0.05) is 32.7 Å². The van der Waals surface area contributed by atoms with Gasteiger partial charge in [-0.25, -0.2) is 0 Å². The quantitative estimate of drug-likeness (QED) is 0.172. The first-order valence-electron chi connectivity index (χ1n) is 19.1. The average molecular weight is 758 g/mol. The number of benzene rings is 8. The van der Waals surface area contributed by atoms with Gasteiger partial charge in [0.2, 0.25) is 0 Å². The first-order valence-corrected chi connectivity index (χ1v) is 19.1. The summed E-state index contributed by atoms with van der Waals surface area (Å²) in [6.07, 6.45) is -4.59. The van der Waals surface area contributed by atoms with Gasteiger partial charge in [-0.05, 0) is 103 Å². The zero-order valence-electron chi connectivity index (χ0n) is 31.6. The van der Waals surface area contributed by atoms with E-state index in [9.17, 15) is 18.4 Å². The van der Waals surface area contributed by atoms with E-state index in [1.54, 1.807) is 18.2 Å². The molecule has 2 aromatic heterocycles. The summed E-state index contributed by atoms with van der Waals surface area (Å²) < 4.78 is 48.3. The standard InChI is InChI=1S/C52H34F3N3/c1-32-9-7-11-35(25-32)37-18-23-49-44(28-37)40-13-3-5-15-46(40)57(49)48-22-17-34(31-56)27-43(48)42-21-20-39(52(53,54)55)30-51(42)58-47-16-6-4-14-41(47)45-29-38(19-24-50(45)58)36-12-8-10-33(2)26-36/h3-30H,1-2H3. The second-order valence-corrected chi connectivity index (χ2v) is 15.0. The number of hydrogen-bond donors (Lipinski definition) is 0. The van der Waals surface area contributed by atoms with Crippen LogP contribution in [-0.4, -0.2) is 9.13 Å². The molecule has 0 atom stereocenters. The van der Waals surface area contributed by atoms with Gasteiger partial charge < -0.3 is 9.13 Å². The third kappa shape index (κ3) is 5.74. The Morgan fingerprint density at radius 2 is 0.948 bits per heavy atom. The van der Waals surface area contributed by atoms with Crippen LogP contribution in [0.25, 0.3) is 88.4 Å². The van der Waals surface area contributed by atoms with Gasteiger partial charge in [-0.2, -0.15) is 18.4 Å². The summed E-state index contributed by atoms with van der Waals surface area (Å²) in [6, 6.07) is 57.1. The van der Waals surface area contributed by atoms with Gasteiger partial charge in [0.15, 0.2) is 0 Å². The maximum Gasteiger partial charge on any atom is 0.416 e. The molecule has 0 amide bonds. The molecule has 0 aliphatic carbocycles. The van der Waals surface area contributed by atoms with Gasteiger partial charge in [-0.3, -0.25) is 0 Å². The van der Waals surface area contributed by atoms with Gasteiger partial charge in [0.1, 0.15) is 0 Å². The molecule has 0 aliphatic heterocycles. The van der Waals surface area contributed by atoms with Crippen molar-refractivity contribution >= 4 is 43.6 Å². The fraction of sp³-hybridized carbons (Fsp3) is 0.0577. The summed E-state index contributed by atoms with van der Waals surface area (Å²) in [5, 5.41) is 14.2. The molecule has 10 rings (SSSR count). The molecule has 0 N–H and O–H groups in total. The van der Waals surface area contributed by atoms with Crippen LogP contribution in [-0.2, 0) is 6.18 Å². The number of nitriles is 1. The molecular weight excluding hydrogens is 724 g/mol. The van der Waals surface area contributed by atoms with Crippen LogP contribution >= 0.6 is 0 Å². The highest BCUT2D eigenvalue weighted by Gasteiger charge is 2.32. The summed E-state index contributed by atoms with van der Waals surface area (Å²) in [4.78, 5) is 0. The minimum absolute atomic E-state index is 0.364. The average Bonchev–Trinajstić information content (AvgIpc) is 3.75. The molecule has 0 unspecified atom stereocenters. The molecule has 6 heteroatoms. The molecule has 58 heavy (non-hydrogen) atoms. The summed E-state index contributed by atoms with van der Waals surface area (Å²) in [6.45, 7) is 4.14. The molecule has 278 valence electrons. The molecule has 10 aromatic rings. The topological polar surface area (TPSA) is 33.6 Å². The van der Waals surface area contributed by atoms with E-state index in [4.69, 9.17) is 0 Å². The zero-order valence-corrected chi connectivity index (χ0v) is 31.6. The van der Waals surface area contributed by atoms with Crippen LogP contribution in [0.15, 0.2) is 170 Å². The molecular formula is C52H34F3N3. The van der Waals surface area contributed by atoms with Gasteiger partial charge in [0.05, 0.1) is 50.6 Å². The number of rotatable bonds is 5. The molecule has 0 fully saturated rings. The van der Waals surface area contributed by atoms with Crippen molar-refractivity contribution in [3.05, 3.63) is 192 Å². The molecule has 8 aromatic carbocycles. The van der Waals surface area contributed by atoms with Crippen LogP contribution in [0.1, 0.15) is 22.3 Å². The minimum Gasteiger partial charge on any atom is -0.309 e. The number of aryl methyl sites for hydroxylation is 2. The minimum atomic E-state index is -4.59. The Labute approximate surface area is 333 Å². The van der Waals surface area contributed by atoms with Crippen molar-refractivity contribution in [3.8, 4) is 50.8 Å².